The Hall–Kier alpha value is -0.470. The highest BCUT2D eigenvalue weighted by Crippen LogP contribution is 2.26. The van der Waals surface area contributed by atoms with Crippen molar-refractivity contribution in [2.75, 3.05) is 13.1 Å². The Morgan fingerprint density at radius 1 is 1.29 bits per heavy atom. The van der Waals surface area contributed by atoms with Gasteiger partial charge >= 0.3 is 0 Å². The van der Waals surface area contributed by atoms with Gasteiger partial charge in [-0.05, 0) is 31.4 Å². The predicted octanol–water partition coefficient (Wildman–Crippen LogP) is 2.23. The van der Waals surface area contributed by atoms with Crippen LogP contribution in [0.15, 0.2) is 10.3 Å². The molecule has 2 heterocycles. The first kappa shape index (κ1) is 16.9. The van der Waals surface area contributed by atoms with Crippen LogP contribution < -0.4 is 10.1 Å². The quantitative estimate of drug-likeness (QED) is 0.839. The van der Waals surface area contributed by atoms with E-state index < -0.39 is 10.0 Å². The lowest BCUT2D eigenvalue weighted by Gasteiger charge is -2.26. The zero-order chi connectivity index (χ0) is 15.5. The monoisotopic (exact) mass is 331 g/mol. The molecule has 1 saturated heterocycles. The zero-order valence-corrected chi connectivity index (χ0v) is 14.6. The fourth-order valence-electron chi connectivity index (χ4n) is 2.29. The van der Waals surface area contributed by atoms with Crippen LogP contribution >= 0.6 is 11.3 Å². The molecule has 1 aliphatic rings. The molecule has 1 aliphatic heterocycles. The van der Waals surface area contributed by atoms with Gasteiger partial charge in [0.15, 0.2) is 0 Å². The minimum atomic E-state index is -3.43. The summed E-state index contributed by atoms with van der Waals surface area (Å²) in [6.45, 7) is 8.44. The Labute approximate surface area is 131 Å². The number of sulfonamides is 1. The summed E-state index contributed by atoms with van der Waals surface area (Å²) >= 11 is 1.36. The number of hydrogen-bond acceptors (Lipinski definition) is 5. The van der Waals surface area contributed by atoms with E-state index in [9.17, 15) is 8.42 Å². The molecule has 2 rings (SSSR count). The van der Waals surface area contributed by atoms with E-state index >= 15 is 0 Å². The van der Waals surface area contributed by atoms with Crippen LogP contribution in [0.4, 0.5) is 0 Å². The van der Waals surface area contributed by atoms with E-state index in [0.29, 0.717) is 16.8 Å². The van der Waals surface area contributed by atoms with Gasteiger partial charge in [0.05, 0.1) is 0 Å². The molecule has 1 aromatic rings. The molecule has 1 aromatic heterocycles. The molecule has 0 bridgehead atoms. The number of nitrogens with one attached hydrogen (secondary N) is 2. The minimum absolute atomic E-state index is 0.387. The number of nitrogens with zero attached hydrogens (tertiary/aromatic N) is 1. The second kappa shape index (κ2) is 7.19. The van der Waals surface area contributed by atoms with E-state index in [0.717, 1.165) is 36.4 Å². The second-order valence-corrected chi connectivity index (χ2v) is 8.87. The summed E-state index contributed by atoms with van der Waals surface area (Å²) in [5.41, 5.74) is 1.03. The van der Waals surface area contributed by atoms with Crippen molar-refractivity contribution in [1.29, 1.82) is 0 Å². The number of hydrogen-bond donors (Lipinski definition) is 2. The third kappa shape index (κ3) is 4.75. The van der Waals surface area contributed by atoms with Gasteiger partial charge in [-0.25, -0.2) is 13.4 Å². The highest BCUT2D eigenvalue weighted by molar-refractivity contribution is 7.91. The number of piperidine rings is 1. The van der Waals surface area contributed by atoms with Crippen molar-refractivity contribution in [1.82, 2.24) is 15.2 Å². The van der Waals surface area contributed by atoms with Gasteiger partial charge in [0.2, 0.25) is 0 Å². The molecule has 0 aromatic carbocycles. The van der Waals surface area contributed by atoms with Crippen molar-refractivity contribution in [3.05, 3.63) is 16.5 Å². The first-order valence-corrected chi connectivity index (χ1v) is 9.78. The van der Waals surface area contributed by atoms with Gasteiger partial charge in [0.1, 0.15) is 4.21 Å². The first-order chi connectivity index (χ1) is 9.88. The Morgan fingerprint density at radius 3 is 2.57 bits per heavy atom. The predicted molar refractivity (Wildman–Crippen MR) is 86.8 cm³/mol. The summed E-state index contributed by atoms with van der Waals surface area (Å²) in [6.07, 6.45) is 3.28. The molecule has 0 amide bonds. The molecule has 0 unspecified atom stereocenters. The zero-order valence-electron chi connectivity index (χ0n) is 13.0. The molecule has 0 aliphatic carbocycles. The van der Waals surface area contributed by atoms with E-state index in [2.05, 4.69) is 24.0 Å². The van der Waals surface area contributed by atoms with Crippen molar-refractivity contribution in [3.8, 4) is 0 Å². The van der Waals surface area contributed by atoms with Gasteiger partial charge < -0.3 is 5.32 Å². The van der Waals surface area contributed by atoms with Crippen molar-refractivity contribution < 1.29 is 8.42 Å². The van der Waals surface area contributed by atoms with E-state index in [4.69, 9.17) is 0 Å². The Kier molecular flexibility index (Phi) is 5.79. The second-order valence-electron chi connectivity index (χ2n) is 5.85. The molecule has 0 spiro atoms. The molecule has 21 heavy (non-hydrogen) atoms. The van der Waals surface area contributed by atoms with Crippen LogP contribution in [0, 0.1) is 6.92 Å². The third-order valence-electron chi connectivity index (χ3n) is 3.54. The van der Waals surface area contributed by atoms with Crippen LogP contribution in [0.2, 0.25) is 0 Å². The summed E-state index contributed by atoms with van der Waals surface area (Å²) < 4.78 is 25.3. The van der Waals surface area contributed by atoms with Crippen LogP contribution in [0.1, 0.15) is 43.6 Å². The molecule has 0 atom stereocenters. The lowest BCUT2D eigenvalue weighted by Crippen LogP contribution is -2.44. The Balaban J connectivity index is 2.07. The summed E-state index contributed by atoms with van der Waals surface area (Å²) in [5, 5.41) is 5.15. The smallest absolute Gasteiger partial charge is 0.262 e. The van der Waals surface area contributed by atoms with Gasteiger partial charge in [-0.1, -0.05) is 20.3 Å². The van der Waals surface area contributed by atoms with Gasteiger partial charge in [-0.3, -0.25) is 0 Å². The van der Waals surface area contributed by atoms with Crippen molar-refractivity contribution >= 4 is 21.4 Å². The fourth-order valence-corrected chi connectivity index (χ4v) is 4.94. The molecule has 1 fully saturated rings. The molecular weight excluding hydrogens is 306 g/mol. The van der Waals surface area contributed by atoms with Crippen LogP contribution in [-0.4, -0.2) is 32.6 Å². The maximum absolute atomic E-state index is 12.4. The average molecular weight is 332 g/mol. The summed E-state index contributed by atoms with van der Waals surface area (Å²) in [5.74, 6) is 0. The average Bonchev–Trinajstić information content (AvgIpc) is 2.79. The standard InChI is InChI=1S/C14H25N3O2S2/c1-11(2)15-10-13-12(3)9-14(20-13)21(18,19)16-17-7-5-4-6-8-17/h9,11,15-16H,4-8,10H2,1-3H3. The van der Waals surface area contributed by atoms with Gasteiger partial charge in [-0.2, -0.15) is 0 Å². The van der Waals surface area contributed by atoms with Crippen LogP contribution in [0.25, 0.3) is 0 Å². The van der Waals surface area contributed by atoms with Gasteiger partial charge in [-0.15, -0.1) is 16.2 Å². The molecule has 120 valence electrons. The number of thiophene rings is 1. The largest absolute Gasteiger partial charge is 0.310 e. The lowest BCUT2D eigenvalue weighted by molar-refractivity contribution is 0.200. The highest BCUT2D eigenvalue weighted by Gasteiger charge is 2.22. The van der Waals surface area contributed by atoms with Gasteiger partial charge in [0.25, 0.3) is 10.0 Å². The molecule has 7 heteroatoms. The Morgan fingerprint density at radius 2 is 1.95 bits per heavy atom. The maximum atomic E-state index is 12.4. The first-order valence-electron chi connectivity index (χ1n) is 7.48. The van der Waals surface area contributed by atoms with Crippen LogP contribution in [0.5, 0.6) is 0 Å². The summed E-state index contributed by atoms with van der Waals surface area (Å²) in [6, 6.07) is 2.16. The summed E-state index contributed by atoms with van der Waals surface area (Å²) in [7, 11) is -3.43. The van der Waals surface area contributed by atoms with E-state index in [1.807, 2.05) is 11.9 Å². The van der Waals surface area contributed by atoms with E-state index in [1.54, 1.807) is 6.07 Å². The molecule has 5 nitrogen and oxygen atoms in total. The SMILES string of the molecule is Cc1cc(S(=O)(=O)NN2CCCCC2)sc1CNC(C)C. The fraction of sp³-hybridized carbons (Fsp3) is 0.714. The van der Waals surface area contributed by atoms with Gasteiger partial charge in [0, 0.05) is 30.6 Å². The van der Waals surface area contributed by atoms with Crippen molar-refractivity contribution in [2.45, 2.75) is 56.8 Å². The molecule has 2 N–H and O–H groups in total. The topological polar surface area (TPSA) is 61.4 Å². The van der Waals surface area contributed by atoms with Crippen LogP contribution in [0.3, 0.4) is 0 Å². The molecular formula is C14H25N3O2S2. The van der Waals surface area contributed by atoms with Crippen molar-refractivity contribution in [3.63, 3.8) is 0 Å². The van der Waals surface area contributed by atoms with E-state index in [1.165, 1.54) is 17.8 Å². The van der Waals surface area contributed by atoms with E-state index in [-0.39, 0.29) is 0 Å². The summed E-state index contributed by atoms with van der Waals surface area (Å²) in [4.78, 5) is 3.80. The lowest BCUT2D eigenvalue weighted by atomic mass is 10.2. The highest BCUT2D eigenvalue weighted by atomic mass is 32.2. The number of rotatable bonds is 6. The van der Waals surface area contributed by atoms with Crippen LogP contribution in [-0.2, 0) is 16.6 Å². The number of hydrazine groups is 1. The molecule has 0 radical (unpaired) electrons. The third-order valence-corrected chi connectivity index (χ3v) is 6.63. The normalized spacial score (nSPS) is 17.5. The maximum Gasteiger partial charge on any atom is 0.262 e. The molecule has 0 saturated carbocycles. The number of aryl methyl sites for hydroxylation is 1. The minimum Gasteiger partial charge on any atom is -0.310 e. The Bertz CT molecular complexity index is 561. The van der Waals surface area contributed by atoms with Crippen molar-refractivity contribution in [2.24, 2.45) is 0 Å².